The molecule has 19 heavy (non-hydrogen) atoms. The molecule has 0 spiro atoms. The fourth-order valence-electron chi connectivity index (χ4n) is 3.58. The average molecular weight is 272 g/mol. The monoisotopic (exact) mass is 272 g/mol. The summed E-state index contributed by atoms with van der Waals surface area (Å²) in [6.07, 6.45) is 0.437. The normalized spacial score (nSPS) is 14.2. The van der Waals surface area contributed by atoms with E-state index in [-0.39, 0.29) is 30.1 Å². The molecule has 1 atom stereocenters. The maximum Gasteiger partial charge on any atom is 0.310 e. The van der Waals surface area contributed by atoms with Crippen LogP contribution < -0.4 is 0 Å². The molecule has 0 aromatic heterocycles. The third kappa shape index (κ3) is 3.71. The van der Waals surface area contributed by atoms with Crippen LogP contribution in [0, 0.1) is 29.1 Å². The highest BCUT2D eigenvalue weighted by Crippen LogP contribution is 2.48. The molecule has 2 N–H and O–H groups in total. The van der Waals surface area contributed by atoms with Crippen molar-refractivity contribution in [3.05, 3.63) is 0 Å². The smallest absolute Gasteiger partial charge is 0.310 e. The van der Waals surface area contributed by atoms with Crippen molar-refractivity contribution >= 4 is 11.9 Å². The van der Waals surface area contributed by atoms with E-state index in [1.54, 1.807) is 0 Å². The van der Waals surface area contributed by atoms with E-state index in [0.717, 1.165) is 0 Å². The zero-order valence-corrected chi connectivity index (χ0v) is 12.9. The van der Waals surface area contributed by atoms with E-state index in [0.29, 0.717) is 6.42 Å². The standard InChI is InChI=1S/C15H28O4/c1-9(2)12(7-8-13(16)17)15(10(3)4,11(5)6)14(18)19/h9-12H,7-8H2,1-6H3,(H,16,17)(H,18,19). The zero-order chi connectivity index (χ0) is 15.4. The van der Waals surface area contributed by atoms with Crippen LogP contribution in [0.3, 0.4) is 0 Å². The maximum absolute atomic E-state index is 11.9. The second-order valence-electron chi connectivity index (χ2n) is 6.33. The Balaban J connectivity index is 5.61. The molecule has 0 saturated carbocycles. The molecule has 4 nitrogen and oxygen atoms in total. The van der Waals surface area contributed by atoms with Crippen LogP contribution in [0.5, 0.6) is 0 Å². The van der Waals surface area contributed by atoms with Crippen LogP contribution in [0.1, 0.15) is 54.4 Å². The molecule has 0 heterocycles. The van der Waals surface area contributed by atoms with Gasteiger partial charge in [0.2, 0.25) is 0 Å². The first-order chi connectivity index (χ1) is 8.58. The lowest BCUT2D eigenvalue weighted by Crippen LogP contribution is -2.49. The van der Waals surface area contributed by atoms with Gasteiger partial charge in [-0.15, -0.1) is 0 Å². The number of hydrogen-bond acceptors (Lipinski definition) is 2. The van der Waals surface area contributed by atoms with Gasteiger partial charge in [0.1, 0.15) is 0 Å². The summed E-state index contributed by atoms with van der Waals surface area (Å²) >= 11 is 0. The number of rotatable bonds is 8. The van der Waals surface area contributed by atoms with E-state index in [4.69, 9.17) is 5.11 Å². The van der Waals surface area contributed by atoms with Crippen LogP contribution in [-0.2, 0) is 9.59 Å². The minimum atomic E-state index is -0.871. The van der Waals surface area contributed by atoms with Gasteiger partial charge < -0.3 is 10.2 Å². The van der Waals surface area contributed by atoms with Crippen molar-refractivity contribution in [3.63, 3.8) is 0 Å². The Morgan fingerprint density at radius 3 is 1.58 bits per heavy atom. The Bertz CT molecular complexity index is 310. The molecule has 112 valence electrons. The van der Waals surface area contributed by atoms with Crippen molar-refractivity contribution in [2.24, 2.45) is 29.1 Å². The number of aliphatic carboxylic acids is 2. The summed E-state index contributed by atoms with van der Waals surface area (Å²) in [5.74, 6) is -1.74. The number of carbonyl (C=O) groups is 2. The first-order valence-corrected chi connectivity index (χ1v) is 7.03. The van der Waals surface area contributed by atoms with E-state index >= 15 is 0 Å². The van der Waals surface area contributed by atoms with Crippen LogP contribution in [0.15, 0.2) is 0 Å². The molecular formula is C15H28O4. The van der Waals surface area contributed by atoms with Crippen molar-refractivity contribution in [2.75, 3.05) is 0 Å². The Labute approximate surface area is 116 Å². The maximum atomic E-state index is 11.9. The van der Waals surface area contributed by atoms with Crippen molar-refractivity contribution < 1.29 is 19.8 Å². The lowest BCUT2D eigenvalue weighted by atomic mass is 9.57. The van der Waals surface area contributed by atoms with Gasteiger partial charge in [-0.3, -0.25) is 9.59 Å². The molecular weight excluding hydrogens is 244 g/mol. The number of hydrogen-bond donors (Lipinski definition) is 2. The van der Waals surface area contributed by atoms with Gasteiger partial charge in [-0.25, -0.2) is 0 Å². The lowest BCUT2D eigenvalue weighted by molar-refractivity contribution is -0.165. The SMILES string of the molecule is CC(C)C(CCC(=O)O)C(C(=O)O)(C(C)C)C(C)C. The summed E-state index contributed by atoms with van der Waals surface area (Å²) in [6.45, 7) is 11.6. The van der Waals surface area contributed by atoms with Gasteiger partial charge in [-0.2, -0.15) is 0 Å². The molecule has 0 aromatic carbocycles. The molecule has 0 amide bonds. The second kappa shape index (κ2) is 6.92. The predicted octanol–water partition coefficient (Wildman–Crippen LogP) is 3.51. The quantitative estimate of drug-likeness (QED) is 0.709. The topological polar surface area (TPSA) is 74.6 Å². The van der Waals surface area contributed by atoms with Gasteiger partial charge in [0.05, 0.1) is 5.41 Å². The third-order valence-corrected chi connectivity index (χ3v) is 4.37. The minimum Gasteiger partial charge on any atom is -0.481 e. The highest BCUT2D eigenvalue weighted by Gasteiger charge is 2.51. The lowest BCUT2D eigenvalue weighted by Gasteiger charge is -2.45. The van der Waals surface area contributed by atoms with Gasteiger partial charge in [0.25, 0.3) is 0 Å². The van der Waals surface area contributed by atoms with Crippen LogP contribution in [0.2, 0.25) is 0 Å². The molecule has 4 heteroatoms. The summed E-state index contributed by atoms with van der Waals surface area (Å²) in [7, 11) is 0. The second-order valence-corrected chi connectivity index (χ2v) is 6.33. The highest BCUT2D eigenvalue weighted by atomic mass is 16.4. The molecule has 0 aliphatic carbocycles. The molecule has 0 rings (SSSR count). The molecule has 0 fully saturated rings. The molecule has 0 saturated heterocycles. The fourth-order valence-corrected chi connectivity index (χ4v) is 3.58. The Morgan fingerprint density at radius 1 is 0.947 bits per heavy atom. The molecule has 0 aliphatic heterocycles. The highest BCUT2D eigenvalue weighted by molar-refractivity contribution is 5.76. The van der Waals surface area contributed by atoms with Crippen LogP contribution in [0.4, 0.5) is 0 Å². The first kappa shape index (κ1) is 17.9. The Hall–Kier alpha value is -1.06. The first-order valence-electron chi connectivity index (χ1n) is 7.03. The number of carboxylic acids is 2. The van der Waals surface area contributed by atoms with E-state index in [1.807, 2.05) is 41.5 Å². The summed E-state index contributed by atoms with van der Waals surface area (Å²) in [5.41, 5.74) is -0.871. The van der Waals surface area contributed by atoms with Crippen molar-refractivity contribution in [1.29, 1.82) is 0 Å². The van der Waals surface area contributed by atoms with E-state index < -0.39 is 17.4 Å². The van der Waals surface area contributed by atoms with Crippen molar-refractivity contribution in [1.82, 2.24) is 0 Å². The minimum absolute atomic E-state index is 0.0251. The molecule has 0 aliphatic rings. The molecule has 0 radical (unpaired) electrons. The van der Waals surface area contributed by atoms with Crippen LogP contribution >= 0.6 is 0 Å². The summed E-state index contributed by atoms with van der Waals surface area (Å²) < 4.78 is 0. The molecule has 0 bridgehead atoms. The van der Waals surface area contributed by atoms with E-state index in [2.05, 4.69) is 0 Å². The summed E-state index contributed by atoms with van der Waals surface area (Å²) in [5, 5.41) is 18.7. The van der Waals surface area contributed by atoms with Gasteiger partial charge in [0.15, 0.2) is 0 Å². The van der Waals surface area contributed by atoms with Crippen molar-refractivity contribution in [3.8, 4) is 0 Å². The Kier molecular flexibility index (Phi) is 6.53. The third-order valence-electron chi connectivity index (χ3n) is 4.37. The number of carboxylic acid groups (broad SMARTS) is 2. The van der Waals surface area contributed by atoms with E-state index in [1.165, 1.54) is 0 Å². The van der Waals surface area contributed by atoms with Crippen molar-refractivity contribution in [2.45, 2.75) is 54.4 Å². The average Bonchev–Trinajstić information content (AvgIpc) is 2.20. The van der Waals surface area contributed by atoms with Crippen LogP contribution in [-0.4, -0.2) is 22.2 Å². The van der Waals surface area contributed by atoms with Gasteiger partial charge >= 0.3 is 11.9 Å². The molecule has 1 unspecified atom stereocenters. The van der Waals surface area contributed by atoms with E-state index in [9.17, 15) is 14.7 Å². The van der Waals surface area contributed by atoms with Gasteiger partial charge in [0, 0.05) is 6.42 Å². The molecule has 0 aromatic rings. The largest absolute Gasteiger partial charge is 0.481 e. The summed E-state index contributed by atoms with van der Waals surface area (Å²) in [6, 6.07) is 0. The summed E-state index contributed by atoms with van der Waals surface area (Å²) in [4.78, 5) is 22.8. The van der Waals surface area contributed by atoms with Gasteiger partial charge in [-0.1, -0.05) is 41.5 Å². The Morgan fingerprint density at radius 2 is 1.37 bits per heavy atom. The van der Waals surface area contributed by atoms with Crippen LogP contribution in [0.25, 0.3) is 0 Å². The predicted molar refractivity (Wildman–Crippen MR) is 74.9 cm³/mol. The fraction of sp³-hybridized carbons (Fsp3) is 0.867. The van der Waals surface area contributed by atoms with Gasteiger partial charge in [-0.05, 0) is 30.1 Å². The zero-order valence-electron chi connectivity index (χ0n) is 12.9.